The maximum atomic E-state index is 17.9. The second-order valence-electron chi connectivity index (χ2n) is 22.2. The van der Waals surface area contributed by atoms with Crippen molar-refractivity contribution in [2.24, 2.45) is 40.2 Å². The van der Waals surface area contributed by atoms with Gasteiger partial charge in [0, 0.05) is 53.5 Å². The first-order valence-electron chi connectivity index (χ1n) is 27.3. The molecule has 1 aromatic carbocycles. The summed E-state index contributed by atoms with van der Waals surface area (Å²) < 4.78 is 64.5. The van der Waals surface area contributed by atoms with E-state index in [1.54, 1.807) is 58.9 Å². The summed E-state index contributed by atoms with van der Waals surface area (Å²) in [5.74, 6) is 0.700. The average Bonchev–Trinajstić information content (AvgIpc) is 3.85. The number of esters is 1. The Labute approximate surface area is 460 Å². The number of aliphatic hydroxyl groups is 1. The fourth-order valence-corrected chi connectivity index (χ4v) is 14.7. The van der Waals surface area contributed by atoms with Crippen LogP contribution in [0.25, 0.3) is 0 Å². The van der Waals surface area contributed by atoms with Gasteiger partial charge >= 0.3 is 19.6 Å². The number of amides is 5. The number of unbranched alkanes of at least 4 members (excludes halogenated alkanes) is 1. The zero-order chi connectivity index (χ0) is 57.2. The van der Waals surface area contributed by atoms with E-state index in [1.807, 2.05) is 0 Å². The van der Waals surface area contributed by atoms with Gasteiger partial charge in [-0.15, -0.1) is 5.92 Å². The lowest BCUT2D eigenvalue weighted by molar-refractivity contribution is -0.228. The lowest BCUT2D eigenvalue weighted by Gasteiger charge is -2.63. The van der Waals surface area contributed by atoms with E-state index < -0.39 is 112 Å². The van der Waals surface area contributed by atoms with Crippen molar-refractivity contribution < 1.29 is 70.9 Å². The minimum absolute atomic E-state index is 0.0199. The maximum Gasteiger partial charge on any atom is 0.328 e. The van der Waals surface area contributed by atoms with Gasteiger partial charge in [-0.2, -0.15) is 0 Å². The predicted molar refractivity (Wildman–Crippen MR) is 290 cm³/mol. The average molecular weight is 1130 g/mol. The Morgan fingerprint density at radius 2 is 1.73 bits per heavy atom. The van der Waals surface area contributed by atoms with Gasteiger partial charge in [-0.25, -0.2) is 13.6 Å². The molecule has 3 saturated carbocycles. The topological polar surface area (TPSA) is 279 Å². The molecule has 0 radical (unpaired) electrons. The number of rotatable bonds is 24. The molecule has 3 fully saturated rings. The third-order valence-corrected chi connectivity index (χ3v) is 19.0. The van der Waals surface area contributed by atoms with Gasteiger partial charge in [-0.05, 0) is 118 Å². The van der Waals surface area contributed by atoms with Crippen LogP contribution in [-0.2, 0) is 53.9 Å². The first-order valence-corrected chi connectivity index (χ1v) is 30.0. The first kappa shape index (κ1) is 62.2. The smallest absolute Gasteiger partial charge is 0.328 e. The number of primary amides is 1. The third kappa shape index (κ3) is 13.9. The highest BCUT2D eigenvalue weighted by Crippen LogP contribution is 2.72. The number of thioether (sulfide) groups is 1. The van der Waals surface area contributed by atoms with Crippen LogP contribution in [-0.4, -0.2) is 117 Å². The molecule has 78 heavy (non-hydrogen) atoms. The van der Waals surface area contributed by atoms with Gasteiger partial charge in [0.25, 0.3) is 0 Å². The van der Waals surface area contributed by atoms with E-state index >= 15 is 8.78 Å². The van der Waals surface area contributed by atoms with Gasteiger partial charge in [0.2, 0.25) is 22.8 Å². The zero-order valence-corrected chi connectivity index (χ0v) is 47.3. The predicted octanol–water partition coefficient (Wildman–Crippen LogP) is 7.05. The Balaban J connectivity index is 1.01. The molecule has 0 bridgehead atoms. The Morgan fingerprint density at radius 3 is 2.42 bits per heavy atom. The summed E-state index contributed by atoms with van der Waals surface area (Å²) in [7, 11) is -4.16. The molecule has 22 heteroatoms. The number of hydrogen-bond acceptors (Lipinski definition) is 13. The number of hydrogen-bond donors (Lipinski definition) is 7. The normalized spacial score (nSPS) is 30.7. The standard InChI is InChI=1S/C56H78F2N5O13PS/c1-7-47(67)76-56(35(4)28-40-41-30-43(57)42-29-38(64)23-24-53(42,5)55(41,58)45(65)31-54(40,56)6)51(70)78-27-14-13-26-77(72,73)75-32-36-19-21-37(22-20-36)61-49(68)44(18-15-25-60-52(59)71)62-50(69)48(34(2)3)63-46(66)33-74-39-16-11-9-8-10-12-17-39/h19-24,29,34-35,39-41,43-45,48,65H,7-11,13-16,18,25-28,30-33H2,1-6H3,(H,61,68)(H,62,69)(H,63,66)(H,72,73)(H3,59,60,71)/t35-,39?,40+,41+,43+,44+,45+,48+,53+,54+,55+,56+/m1/s1. The van der Waals surface area contributed by atoms with Gasteiger partial charge in [-0.3, -0.25) is 33.3 Å². The van der Waals surface area contributed by atoms with Crippen LogP contribution in [0.3, 0.4) is 0 Å². The highest BCUT2D eigenvalue weighted by atomic mass is 32.2. The van der Waals surface area contributed by atoms with E-state index in [0.717, 1.165) is 43.5 Å². The molecule has 6 rings (SSSR count). The summed E-state index contributed by atoms with van der Waals surface area (Å²) in [6.45, 7) is 9.62. The molecule has 0 saturated heterocycles. The molecule has 8 N–H and O–H groups in total. The second kappa shape index (κ2) is 26.5. The monoisotopic (exact) mass is 1130 g/mol. The number of fused-ring (bicyclic) bond motifs is 5. The summed E-state index contributed by atoms with van der Waals surface area (Å²) >= 11 is 0.890. The van der Waals surface area contributed by atoms with E-state index in [2.05, 4.69) is 33.1 Å². The molecule has 0 aliphatic heterocycles. The lowest BCUT2D eigenvalue weighted by atomic mass is 9.44. The number of nitrogens with one attached hydrogen (secondary N) is 4. The molecule has 0 heterocycles. The molecule has 0 spiro atoms. The Morgan fingerprint density at radius 1 is 1.00 bits per heavy atom. The van der Waals surface area contributed by atoms with E-state index in [0.29, 0.717) is 17.7 Å². The van der Waals surface area contributed by atoms with Gasteiger partial charge in [0.15, 0.2) is 17.1 Å². The number of alkyl halides is 2. The van der Waals surface area contributed by atoms with Crippen molar-refractivity contribution in [3.8, 4) is 11.8 Å². The van der Waals surface area contributed by atoms with Crippen LogP contribution >= 0.6 is 19.4 Å². The van der Waals surface area contributed by atoms with Crippen LogP contribution in [0.5, 0.6) is 0 Å². The molecule has 5 aliphatic carbocycles. The van der Waals surface area contributed by atoms with E-state index in [1.165, 1.54) is 19.1 Å². The van der Waals surface area contributed by atoms with E-state index in [-0.39, 0.29) is 101 Å². The molecular formula is C56H78F2N5O13PS. The van der Waals surface area contributed by atoms with Crippen molar-refractivity contribution >= 4 is 65.7 Å². The van der Waals surface area contributed by atoms with Crippen LogP contribution in [0.2, 0.25) is 0 Å². The SMILES string of the molecule is CCC(=O)O[C@]1(C(=O)SCCCCP(=O)(O)OCc2ccc(NC(=O)[C@H](CCCNC(N)=O)NC(=O)[C@@H](NC(=O)COC3C#CCCCCC3)C(C)C)cc2)[C@H](C)C[C@H]2[C@@H]3C[C@H](F)C4=CC(=O)C=C[C@]4(C)[C@@]3(F)[C@@H](O)C[C@@]21C. The van der Waals surface area contributed by atoms with Crippen LogP contribution < -0.4 is 27.0 Å². The van der Waals surface area contributed by atoms with Crippen molar-refractivity contribution in [3.63, 3.8) is 0 Å². The molecule has 5 amide bonds. The zero-order valence-electron chi connectivity index (χ0n) is 45.5. The molecule has 0 aromatic heterocycles. The van der Waals surface area contributed by atoms with Crippen molar-refractivity contribution in [1.29, 1.82) is 0 Å². The molecular weight excluding hydrogens is 1050 g/mol. The van der Waals surface area contributed by atoms with E-state index in [9.17, 15) is 48.1 Å². The van der Waals surface area contributed by atoms with Crippen LogP contribution in [0, 0.1) is 46.3 Å². The minimum atomic E-state index is -4.16. The van der Waals surface area contributed by atoms with Gasteiger partial charge < -0.3 is 51.0 Å². The number of urea groups is 1. The Bertz CT molecular complexity index is 2580. The number of halogens is 2. The van der Waals surface area contributed by atoms with E-state index in [4.69, 9.17) is 19.7 Å². The largest absolute Gasteiger partial charge is 0.449 e. The summed E-state index contributed by atoms with van der Waals surface area (Å²) in [6, 6.07) is 3.42. The molecule has 430 valence electrons. The van der Waals surface area contributed by atoms with Crippen LogP contribution in [0.1, 0.15) is 131 Å². The van der Waals surface area contributed by atoms with Crippen molar-refractivity contribution in [2.75, 3.05) is 30.4 Å². The fourth-order valence-electron chi connectivity index (χ4n) is 12.4. The molecule has 13 atom stereocenters. The number of benzene rings is 1. The molecule has 18 nitrogen and oxygen atoms in total. The van der Waals surface area contributed by atoms with Crippen LogP contribution in [0.4, 0.5) is 19.3 Å². The summed E-state index contributed by atoms with van der Waals surface area (Å²) in [5, 5.41) is 22.0. The highest BCUT2D eigenvalue weighted by molar-refractivity contribution is 8.13. The number of aliphatic hydroxyl groups excluding tert-OH is 1. The summed E-state index contributed by atoms with van der Waals surface area (Å²) in [5.41, 5.74) is -1.07. The van der Waals surface area contributed by atoms with Crippen LogP contribution in [0.15, 0.2) is 48.1 Å². The van der Waals surface area contributed by atoms with Gasteiger partial charge in [-0.1, -0.05) is 76.9 Å². The summed E-state index contributed by atoms with van der Waals surface area (Å²) in [4.78, 5) is 102. The molecule has 2 unspecified atom stereocenters. The maximum absolute atomic E-state index is 17.9. The Kier molecular flexibility index (Phi) is 21.2. The Hall–Kier alpha value is -4.97. The minimum Gasteiger partial charge on any atom is -0.449 e. The number of carbonyl (C=O) groups is 7. The number of ketones is 1. The number of allylic oxidation sites excluding steroid dienone is 4. The second-order valence-corrected chi connectivity index (χ2v) is 25.3. The lowest BCUT2D eigenvalue weighted by Crippen LogP contribution is -2.70. The first-order chi connectivity index (χ1) is 36.8. The molecule has 1 aromatic rings. The highest BCUT2D eigenvalue weighted by Gasteiger charge is 2.78. The third-order valence-electron chi connectivity index (χ3n) is 16.6. The summed E-state index contributed by atoms with van der Waals surface area (Å²) in [6.07, 6.45) is 4.50. The van der Waals surface area contributed by atoms with Crippen molar-refractivity contribution in [3.05, 3.63) is 53.6 Å². The van der Waals surface area contributed by atoms with Gasteiger partial charge in [0.1, 0.15) is 31.0 Å². The van der Waals surface area contributed by atoms with Crippen molar-refractivity contribution in [1.82, 2.24) is 16.0 Å². The van der Waals surface area contributed by atoms with Crippen molar-refractivity contribution in [2.45, 2.75) is 173 Å². The molecule has 5 aliphatic rings. The number of ether oxygens (including phenoxy) is 2. The number of anilines is 1. The number of nitrogens with two attached hydrogens (primary N) is 1. The number of carbonyl (C=O) groups excluding carboxylic acids is 7. The van der Waals surface area contributed by atoms with Gasteiger partial charge in [0.05, 0.1) is 18.9 Å². The quantitative estimate of drug-likeness (QED) is 0.0237. The fraction of sp³-hybridized carbons (Fsp3) is 0.661.